The lowest BCUT2D eigenvalue weighted by atomic mass is 10.0. The molecule has 0 bridgehead atoms. The van der Waals surface area contributed by atoms with Crippen molar-refractivity contribution in [3.8, 4) is 0 Å². The summed E-state index contributed by atoms with van der Waals surface area (Å²) >= 11 is 0. The number of rotatable bonds is 4. The molecule has 0 radical (unpaired) electrons. The zero-order chi connectivity index (χ0) is 18.1. The Morgan fingerprint density at radius 3 is 2.81 bits per heavy atom. The Hall–Kier alpha value is -1.69. The van der Waals surface area contributed by atoms with Crippen molar-refractivity contribution in [1.29, 1.82) is 0 Å². The maximum absolute atomic E-state index is 12.6. The average molecular weight is 358 g/mol. The molecular formula is C20H30N4O2. The van der Waals surface area contributed by atoms with Gasteiger partial charge in [0.15, 0.2) is 0 Å². The minimum Gasteiger partial charge on any atom is -0.342 e. The van der Waals surface area contributed by atoms with Crippen LogP contribution in [0.2, 0.25) is 0 Å². The molecule has 142 valence electrons. The summed E-state index contributed by atoms with van der Waals surface area (Å²) in [4.78, 5) is 37.1. The maximum atomic E-state index is 12.6. The molecule has 1 aromatic heterocycles. The summed E-state index contributed by atoms with van der Waals surface area (Å²) in [6, 6.07) is 0.668. The quantitative estimate of drug-likeness (QED) is 0.896. The fraction of sp³-hybridized carbons (Fsp3) is 0.750. The molecule has 1 amide bonds. The first-order valence-electron chi connectivity index (χ1n) is 10.3. The highest BCUT2D eigenvalue weighted by Crippen LogP contribution is 2.29. The molecule has 0 spiro atoms. The van der Waals surface area contributed by atoms with E-state index < -0.39 is 0 Å². The number of hydrogen-bond donors (Lipinski definition) is 1. The van der Waals surface area contributed by atoms with Crippen molar-refractivity contribution in [2.75, 3.05) is 19.6 Å². The molecule has 26 heavy (non-hydrogen) atoms. The molecule has 6 heteroatoms. The SMILES string of the molecule is CCCC(=O)N1CC[C@H](c2nc3c(c(=O)[nH]2)CCN(C2CCCC2)C3)C1. The largest absolute Gasteiger partial charge is 0.342 e. The Kier molecular flexibility index (Phi) is 5.11. The van der Waals surface area contributed by atoms with Crippen molar-refractivity contribution in [1.82, 2.24) is 19.8 Å². The van der Waals surface area contributed by atoms with Gasteiger partial charge in [0.05, 0.1) is 5.69 Å². The van der Waals surface area contributed by atoms with E-state index in [2.05, 4.69) is 9.88 Å². The summed E-state index contributed by atoms with van der Waals surface area (Å²) < 4.78 is 0. The number of H-pyrrole nitrogens is 1. The Morgan fingerprint density at radius 1 is 1.23 bits per heavy atom. The van der Waals surface area contributed by atoms with Crippen molar-refractivity contribution in [2.45, 2.75) is 76.8 Å². The van der Waals surface area contributed by atoms with Crippen LogP contribution < -0.4 is 5.56 Å². The second-order valence-electron chi connectivity index (χ2n) is 8.11. The summed E-state index contributed by atoms with van der Waals surface area (Å²) in [6.07, 6.45) is 8.40. The van der Waals surface area contributed by atoms with Crippen LogP contribution in [-0.2, 0) is 17.8 Å². The Labute approximate surface area is 155 Å². The van der Waals surface area contributed by atoms with Crippen LogP contribution in [0.15, 0.2) is 4.79 Å². The first-order chi connectivity index (χ1) is 12.7. The number of carbonyl (C=O) groups is 1. The van der Waals surface area contributed by atoms with Crippen molar-refractivity contribution < 1.29 is 4.79 Å². The van der Waals surface area contributed by atoms with E-state index in [1.165, 1.54) is 25.7 Å². The minimum absolute atomic E-state index is 0.0365. The maximum Gasteiger partial charge on any atom is 0.254 e. The van der Waals surface area contributed by atoms with E-state index in [1.54, 1.807) is 0 Å². The second kappa shape index (κ2) is 7.51. The fourth-order valence-corrected chi connectivity index (χ4v) is 4.84. The zero-order valence-corrected chi connectivity index (χ0v) is 15.8. The number of carbonyl (C=O) groups excluding carboxylic acids is 1. The van der Waals surface area contributed by atoms with Crippen LogP contribution in [0.3, 0.4) is 0 Å². The van der Waals surface area contributed by atoms with Gasteiger partial charge in [0.1, 0.15) is 5.82 Å². The molecule has 3 aliphatic rings. The average Bonchev–Trinajstić information content (AvgIpc) is 3.33. The normalized spacial score (nSPS) is 24.2. The van der Waals surface area contributed by atoms with E-state index in [-0.39, 0.29) is 17.4 Å². The van der Waals surface area contributed by atoms with Crippen LogP contribution in [0.1, 0.15) is 74.9 Å². The molecule has 0 unspecified atom stereocenters. The molecule has 4 rings (SSSR count). The second-order valence-corrected chi connectivity index (χ2v) is 8.11. The fourth-order valence-electron chi connectivity index (χ4n) is 4.84. The number of nitrogens with one attached hydrogen (secondary N) is 1. The van der Waals surface area contributed by atoms with Gasteiger partial charge in [-0.25, -0.2) is 4.98 Å². The van der Waals surface area contributed by atoms with Gasteiger partial charge in [-0.05, 0) is 32.1 Å². The third-order valence-corrected chi connectivity index (χ3v) is 6.35. The van der Waals surface area contributed by atoms with E-state index in [0.717, 1.165) is 56.0 Å². The molecule has 1 saturated heterocycles. The zero-order valence-electron chi connectivity index (χ0n) is 15.8. The molecule has 1 aromatic rings. The Morgan fingerprint density at radius 2 is 2.04 bits per heavy atom. The van der Waals surface area contributed by atoms with E-state index in [1.807, 2.05) is 11.8 Å². The highest BCUT2D eigenvalue weighted by Gasteiger charge is 2.31. The molecule has 2 fully saturated rings. The monoisotopic (exact) mass is 358 g/mol. The molecule has 2 aliphatic heterocycles. The van der Waals surface area contributed by atoms with Crippen molar-refractivity contribution in [3.63, 3.8) is 0 Å². The predicted molar refractivity (Wildman–Crippen MR) is 100 cm³/mol. The van der Waals surface area contributed by atoms with E-state index in [0.29, 0.717) is 19.0 Å². The van der Waals surface area contributed by atoms with Gasteiger partial charge in [-0.2, -0.15) is 0 Å². The smallest absolute Gasteiger partial charge is 0.254 e. The number of nitrogens with zero attached hydrogens (tertiary/aromatic N) is 3. The summed E-state index contributed by atoms with van der Waals surface area (Å²) in [6.45, 7) is 5.28. The molecule has 1 atom stereocenters. The van der Waals surface area contributed by atoms with Crippen LogP contribution in [0, 0.1) is 0 Å². The molecule has 1 aliphatic carbocycles. The molecule has 0 aromatic carbocycles. The van der Waals surface area contributed by atoms with Crippen molar-refractivity contribution in [3.05, 3.63) is 27.4 Å². The van der Waals surface area contributed by atoms with Gasteiger partial charge in [-0.3, -0.25) is 14.5 Å². The molecule has 1 saturated carbocycles. The van der Waals surface area contributed by atoms with Gasteiger partial charge in [0.25, 0.3) is 5.56 Å². The number of fused-ring (bicyclic) bond motifs is 1. The van der Waals surface area contributed by atoms with E-state index in [9.17, 15) is 9.59 Å². The van der Waals surface area contributed by atoms with Gasteiger partial charge in [-0.15, -0.1) is 0 Å². The van der Waals surface area contributed by atoms with Crippen LogP contribution in [0.4, 0.5) is 0 Å². The van der Waals surface area contributed by atoms with Gasteiger partial charge in [-0.1, -0.05) is 19.8 Å². The van der Waals surface area contributed by atoms with Crippen LogP contribution in [0.25, 0.3) is 0 Å². The van der Waals surface area contributed by atoms with Gasteiger partial charge >= 0.3 is 0 Å². The lowest BCUT2D eigenvalue weighted by Gasteiger charge is -2.32. The number of aromatic nitrogens is 2. The first-order valence-corrected chi connectivity index (χ1v) is 10.3. The Balaban J connectivity index is 1.51. The summed E-state index contributed by atoms with van der Waals surface area (Å²) in [5.41, 5.74) is 1.88. The Bertz CT molecular complexity index is 723. The lowest BCUT2D eigenvalue weighted by Crippen LogP contribution is -2.41. The third kappa shape index (κ3) is 3.43. The minimum atomic E-state index is 0.0365. The standard InChI is InChI=1S/C20H30N4O2/c1-2-5-18(25)24-10-8-14(12-24)19-21-17-13-23(15-6-3-4-7-15)11-9-16(17)20(26)22-19/h14-15H,2-13H2,1H3,(H,21,22,26)/t14-/m0/s1. The highest BCUT2D eigenvalue weighted by atomic mass is 16.2. The van der Waals surface area contributed by atoms with Crippen molar-refractivity contribution in [2.24, 2.45) is 0 Å². The number of hydrogen-bond acceptors (Lipinski definition) is 4. The lowest BCUT2D eigenvalue weighted by molar-refractivity contribution is -0.130. The van der Waals surface area contributed by atoms with Gasteiger partial charge in [0, 0.05) is 50.1 Å². The highest BCUT2D eigenvalue weighted by molar-refractivity contribution is 5.76. The number of aromatic amines is 1. The van der Waals surface area contributed by atoms with Crippen LogP contribution in [-0.4, -0.2) is 51.4 Å². The third-order valence-electron chi connectivity index (χ3n) is 6.35. The predicted octanol–water partition coefficient (Wildman–Crippen LogP) is 2.19. The summed E-state index contributed by atoms with van der Waals surface area (Å²) in [5.74, 6) is 1.17. The molecular weight excluding hydrogens is 328 g/mol. The summed E-state index contributed by atoms with van der Waals surface area (Å²) in [7, 11) is 0. The van der Waals surface area contributed by atoms with Crippen molar-refractivity contribution >= 4 is 5.91 Å². The first kappa shape index (κ1) is 17.7. The molecule has 3 heterocycles. The molecule has 6 nitrogen and oxygen atoms in total. The van der Waals surface area contributed by atoms with E-state index >= 15 is 0 Å². The number of amides is 1. The summed E-state index contributed by atoms with van der Waals surface area (Å²) in [5, 5.41) is 0. The van der Waals surface area contributed by atoms with Gasteiger partial charge in [0.2, 0.25) is 5.91 Å². The van der Waals surface area contributed by atoms with Gasteiger partial charge < -0.3 is 9.88 Å². The molecule has 1 N–H and O–H groups in total. The van der Waals surface area contributed by atoms with Crippen LogP contribution >= 0.6 is 0 Å². The van der Waals surface area contributed by atoms with E-state index in [4.69, 9.17) is 4.98 Å². The number of likely N-dealkylation sites (tertiary alicyclic amines) is 1. The topological polar surface area (TPSA) is 69.3 Å². The van der Waals surface area contributed by atoms with Crippen LogP contribution in [0.5, 0.6) is 0 Å².